The third kappa shape index (κ3) is 3.35. The molecule has 0 amide bonds. The van der Waals surface area contributed by atoms with Crippen LogP contribution in [0.1, 0.15) is 24.1 Å². The molecule has 0 heterocycles. The molecule has 1 unspecified atom stereocenters. The number of anilines is 1. The van der Waals surface area contributed by atoms with Gasteiger partial charge in [0.25, 0.3) is 0 Å². The van der Waals surface area contributed by atoms with E-state index < -0.39 is 0 Å². The van der Waals surface area contributed by atoms with E-state index in [1.807, 2.05) is 49.4 Å². The maximum Gasteiger partial charge on any atom is 0.0695 e. The second-order valence-electron chi connectivity index (χ2n) is 4.36. The summed E-state index contributed by atoms with van der Waals surface area (Å²) >= 11 is 0. The number of benzene rings is 2. The van der Waals surface area contributed by atoms with E-state index in [1.165, 1.54) is 11.1 Å². The van der Waals surface area contributed by atoms with Gasteiger partial charge in [0.05, 0.1) is 6.04 Å². The lowest BCUT2D eigenvalue weighted by molar-refractivity contribution is 0.987. The third-order valence-corrected chi connectivity index (χ3v) is 3.01. The van der Waals surface area contributed by atoms with Gasteiger partial charge in [-0.3, -0.25) is 0 Å². The van der Waals surface area contributed by atoms with Crippen LogP contribution in [0.4, 0.5) is 5.69 Å². The van der Waals surface area contributed by atoms with Gasteiger partial charge in [-0.1, -0.05) is 66.8 Å². The first-order valence-corrected chi connectivity index (χ1v) is 6.51. The van der Waals surface area contributed by atoms with Gasteiger partial charge in [-0.05, 0) is 24.1 Å². The second kappa shape index (κ2) is 6.60. The van der Waals surface area contributed by atoms with Crippen molar-refractivity contribution in [2.45, 2.75) is 13.0 Å². The van der Waals surface area contributed by atoms with Crippen molar-refractivity contribution < 1.29 is 0 Å². The Bertz CT molecular complexity index is 555. The zero-order valence-corrected chi connectivity index (χ0v) is 11.2. The largest absolute Gasteiger partial charge is 0.374 e. The van der Waals surface area contributed by atoms with Crippen LogP contribution in [0.2, 0.25) is 0 Å². The predicted octanol–water partition coefficient (Wildman–Crippen LogP) is 5.06. The van der Waals surface area contributed by atoms with Gasteiger partial charge in [-0.2, -0.15) is 0 Å². The van der Waals surface area contributed by atoms with Gasteiger partial charge in [-0.25, -0.2) is 0 Å². The fraction of sp³-hybridized carbons (Fsp3) is 0.111. The fourth-order valence-electron chi connectivity index (χ4n) is 2.06. The van der Waals surface area contributed by atoms with Crippen LogP contribution in [0.3, 0.4) is 0 Å². The third-order valence-electron chi connectivity index (χ3n) is 3.01. The minimum absolute atomic E-state index is 0.118. The molecule has 1 atom stereocenters. The predicted molar refractivity (Wildman–Crippen MR) is 84.2 cm³/mol. The molecule has 0 saturated carbocycles. The van der Waals surface area contributed by atoms with Crippen molar-refractivity contribution >= 4 is 11.8 Å². The monoisotopic (exact) mass is 249 g/mol. The fourth-order valence-corrected chi connectivity index (χ4v) is 2.06. The van der Waals surface area contributed by atoms with Crippen LogP contribution < -0.4 is 5.32 Å². The van der Waals surface area contributed by atoms with Crippen molar-refractivity contribution in [3.05, 3.63) is 84.5 Å². The standard InChI is InChI=1S/C18H19N/c1-3-10-15-13-8-9-14-18(15)19-17(4-2)16-11-6-5-7-12-16/h3-14,17,19H,2H2,1H3/b10-3+. The van der Waals surface area contributed by atoms with Gasteiger partial charge in [0.2, 0.25) is 0 Å². The van der Waals surface area contributed by atoms with Crippen molar-refractivity contribution in [3.63, 3.8) is 0 Å². The molecule has 0 fully saturated rings. The zero-order chi connectivity index (χ0) is 13.5. The molecule has 1 N–H and O–H groups in total. The number of rotatable bonds is 5. The lowest BCUT2D eigenvalue weighted by atomic mass is 10.1. The van der Waals surface area contributed by atoms with Crippen LogP contribution in [0, 0.1) is 0 Å². The lowest BCUT2D eigenvalue weighted by Gasteiger charge is -2.18. The summed E-state index contributed by atoms with van der Waals surface area (Å²) in [5, 5.41) is 3.53. The maximum absolute atomic E-state index is 3.93. The molecule has 0 aliphatic rings. The normalized spacial score (nSPS) is 12.3. The minimum atomic E-state index is 0.118. The molecule has 0 aliphatic heterocycles. The summed E-state index contributed by atoms with van der Waals surface area (Å²) in [7, 11) is 0. The highest BCUT2D eigenvalue weighted by molar-refractivity contribution is 5.67. The van der Waals surface area contributed by atoms with E-state index in [9.17, 15) is 0 Å². The van der Waals surface area contributed by atoms with Gasteiger partial charge in [0.15, 0.2) is 0 Å². The molecule has 0 saturated heterocycles. The highest BCUT2D eigenvalue weighted by Crippen LogP contribution is 2.24. The Morgan fingerprint density at radius 1 is 1.00 bits per heavy atom. The molecule has 0 bridgehead atoms. The number of hydrogen-bond donors (Lipinski definition) is 1. The number of allylic oxidation sites excluding steroid dienone is 1. The lowest BCUT2D eigenvalue weighted by Crippen LogP contribution is -2.08. The van der Waals surface area contributed by atoms with Crippen molar-refractivity contribution in [2.75, 3.05) is 5.32 Å². The Labute approximate surface area is 115 Å². The van der Waals surface area contributed by atoms with Gasteiger partial charge in [0.1, 0.15) is 0 Å². The molecule has 1 heteroatoms. The van der Waals surface area contributed by atoms with E-state index >= 15 is 0 Å². The Morgan fingerprint density at radius 3 is 2.37 bits per heavy atom. The van der Waals surface area contributed by atoms with Crippen LogP contribution in [0.5, 0.6) is 0 Å². The first-order valence-electron chi connectivity index (χ1n) is 6.51. The topological polar surface area (TPSA) is 12.0 Å². The van der Waals surface area contributed by atoms with Gasteiger partial charge >= 0.3 is 0 Å². The Hall–Kier alpha value is -2.28. The molecule has 0 aliphatic carbocycles. The van der Waals surface area contributed by atoms with E-state index in [0.29, 0.717) is 0 Å². The molecule has 2 rings (SSSR count). The van der Waals surface area contributed by atoms with E-state index in [0.717, 1.165) is 5.69 Å². The van der Waals surface area contributed by atoms with Gasteiger partial charge < -0.3 is 5.32 Å². The van der Waals surface area contributed by atoms with E-state index in [-0.39, 0.29) is 6.04 Å². The summed E-state index contributed by atoms with van der Waals surface area (Å²) in [5.74, 6) is 0. The average Bonchev–Trinajstić information content (AvgIpc) is 2.47. The van der Waals surface area contributed by atoms with Crippen LogP contribution in [-0.2, 0) is 0 Å². The van der Waals surface area contributed by atoms with E-state index in [1.54, 1.807) is 0 Å². The summed E-state index contributed by atoms with van der Waals surface area (Å²) in [6, 6.07) is 18.7. The summed E-state index contributed by atoms with van der Waals surface area (Å²) in [4.78, 5) is 0. The Balaban J connectivity index is 2.26. The summed E-state index contributed by atoms with van der Waals surface area (Å²) in [5.41, 5.74) is 3.52. The Morgan fingerprint density at radius 2 is 1.68 bits per heavy atom. The van der Waals surface area contributed by atoms with E-state index in [2.05, 4.69) is 42.2 Å². The molecule has 0 aromatic heterocycles. The number of nitrogens with one attached hydrogen (secondary N) is 1. The smallest absolute Gasteiger partial charge is 0.0695 e. The molecular formula is C18H19N. The molecule has 19 heavy (non-hydrogen) atoms. The van der Waals surface area contributed by atoms with Crippen LogP contribution in [0.15, 0.2) is 73.3 Å². The number of para-hydroxylation sites is 1. The van der Waals surface area contributed by atoms with Crippen LogP contribution in [-0.4, -0.2) is 0 Å². The molecular weight excluding hydrogens is 230 g/mol. The van der Waals surface area contributed by atoms with Crippen molar-refractivity contribution in [1.82, 2.24) is 0 Å². The van der Waals surface area contributed by atoms with Crippen molar-refractivity contribution in [1.29, 1.82) is 0 Å². The van der Waals surface area contributed by atoms with Gasteiger partial charge in [0, 0.05) is 5.69 Å². The van der Waals surface area contributed by atoms with Gasteiger partial charge in [-0.15, -0.1) is 6.58 Å². The van der Waals surface area contributed by atoms with Crippen molar-refractivity contribution in [3.8, 4) is 0 Å². The first kappa shape index (κ1) is 13.2. The highest BCUT2D eigenvalue weighted by Gasteiger charge is 2.07. The molecule has 2 aromatic rings. The molecule has 0 spiro atoms. The molecule has 1 nitrogen and oxygen atoms in total. The summed E-state index contributed by atoms with van der Waals surface area (Å²) in [6.45, 7) is 5.96. The highest BCUT2D eigenvalue weighted by atomic mass is 14.9. The zero-order valence-electron chi connectivity index (χ0n) is 11.2. The SMILES string of the molecule is C=CC(Nc1ccccc1/C=C/C)c1ccccc1. The van der Waals surface area contributed by atoms with Crippen LogP contribution >= 0.6 is 0 Å². The summed E-state index contributed by atoms with van der Waals surface area (Å²) < 4.78 is 0. The quantitative estimate of drug-likeness (QED) is 0.730. The number of hydrogen-bond acceptors (Lipinski definition) is 1. The Kier molecular flexibility index (Phi) is 4.57. The van der Waals surface area contributed by atoms with Crippen molar-refractivity contribution in [2.24, 2.45) is 0 Å². The molecule has 0 radical (unpaired) electrons. The summed E-state index contributed by atoms with van der Waals surface area (Å²) in [6.07, 6.45) is 6.08. The van der Waals surface area contributed by atoms with E-state index in [4.69, 9.17) is 0 Å². The maximum atomic E-state index is 3.93. The van der Waals surface area contributed by atoms with Crippen LogP contribution in [0.25, 0.3) is 6.08 Å². The average molecular weight is 249 g/mol. The molecule has 2 aromatic carbocycles. The first-order chi connectivity index (χ1) is 9.35. The second-order valence-corrected chi connectivity index (χ2v) is 4.36. The minimum Gasteiger partial charge on any atom is -0.374 e. The molecule has 96 valence electrons.